The summed E-state index contributed by atoms with van der Waals surface area (Å²) in [6.07, 6.45) is 0.727. The number of hydrogen-bond acceptors (Lipinski definition) is 7. The average molecular weight is 533 g/mol. The van der Waals surface area contributed by atoms with E-state index < -0.39 is 17.7 Å². The van der Waals surface area contributed by atoms with Crippen LogP contribution in [0.2, 0.25) is 5.02 Å². The Bertz CT molecular complexity index is 1610. The molecule has 3 heterocycles. The van der Waals surface area contributed by atoms with Gasteiger partial charge in [-0.25, -0.2) is 4.98 Å². The van der Waals surface area contributed by atoms with Gasteiger partial charge in [-0.05, 0) is 66.6 Å². The molecule has 186 valence electrons. The Kier molecular flexibility index (Phi) is 5.66. The second kappa shape index (κ2) is 8.90. The highest BCUT2D eigenvalue weighted by molar-refractivity contribution is 7.22. The van der Waals surface area contributed by atoms with Crippen LogP contribution >= 0.6 is 22.9 Å². The van der Waals surface area contributed by atoms with Crippen LogP contribution < -0.4 is 14.4 Å². The summed E-state index contributed by atoms with van der Waals surface area (Å²) in [6, 6.07) is 16.7. The number of nitrogens with zero attached hydrogens (tertiary/aromatic N) is 2. The van der Waals surface area contributed by atoms with Crippen molar-refractivity contribution in [1.82, 2.24) is 4.98 Å². The van der Waals surface area contributed by atoms with E-state index in [-0.39, 0.29) is 17.4 Å². The van der Waals surface area contributed by atoms with Crippen molar-refractivity contribution in [1.29, 1.82) is 0 Å². The van der Waals surface area contributed by atoms with E-state index in [1.807, 2.05) is 19.1 Å². The molecule has 2 unspecified atom stereocenters. The van der Waals surface area contributed by atoms with E-state index in [1.165, 1.54) is 16.2 Å². The van der Waals surface area contributed by atoms with Gasteiger partial charge in [-0.15, -0.1) is 0 Å². The smallest absolute Gasteiger partial charge is 0.301 e. The first-order chi connectivity index (χ1) is 17.8. The van der Waals surface area contributed by atoms with Crippen molar-refractivity contribution in [3.8, 4) is 11.5 Å². The lowest BCUT2D eigenvalue weighted by molar-refractivity contribution is -0.132. The Morgan fingerprint density at radius 3 is 2.68 bits per heavy atom. The Morgan fingerprint density at radius 1 is 1.14 bits per heavy atom. The predicted octanol–water partition coefficient (Wildman–Crippen LogP) is 5.91. The average Bonchev–Trinajstić information content (AvgIpc) is 3.55. The van der Waals surface area contributed by atoms with Gasteiger partial charge in [0, 0.05) is 17.0 Å². The molecular formula is C28H21ClN2O5S. The molecule has 6 rings (SSSR count). The molecule has 2 aliphatic rings. The van der Waals surface area contributed by atoms with Gasteiger partial charge in [-0.1, -0.05) is 35.1 Å². The zero-order valence-electron chi connectivity index (χ0n) is 19.9. The molecule has 9 heteroatoms. The summed E-state index contributed by atoms with van der Waals surface area (Å²) in [6.45, 7) is 1.97. The van der Waals surface area contributed by atoms with Crippen molar-refractivity contribution in [3.05, 3.63) is 87.9 Å². The van der Waals surface area contributed by atoms with Crippen molar-refractivity contribution >= 4 is 55.7 Å². The molecule has 0 spiro atoms. The van der Waals surface area contributed by atoms with Gasteiger partial charge in [0.05, 0.1) is 28.9 Å². The standard InChI is InChI=1S/C28H21ClN2O5S/c1-14-11-17-12-16(5-10-21(17)36-14)25(32)23-24(15-3-6-18(29)7-4-15)31(27(34)26(23)33)28-30-20-9-8-19(35-2)13-22(20)37-28/h3-10,12-14,24,32H,11H2,1-2H3/b25-23-. The molecule has 37 heavy (non-hydrogen) atoms. The third kappa shape index (κ3) is 3.93. The van der Waals surface area contributed by atoms with E-state index in [9.17, 15) is 14.7 Å². The molecule has 1 fully saturated rings. The van der Waals surface area contributed by atoms with E-state index in [4.69, 9.17) is 21.1 Å². The largest absolute Gasteiger partial charge is 0.507 e. The highest BCUT2D eigenvalue weighted by atomic mass is 35.5. The summed E-state index contributed by atoms with van der Waals surface area (Å²) in [4.78, 5) is 32.9. The third-order valence-electron chi connectivity index (χ3n) is 6.59. The van der Waals surface area contributed by atoms with Gasteiger partial charge in [0.2, 0.25) is 0 Å². The number of rotatable bonds is 4. The molecule has 4 aromatic rings. The number of amides is 1. The number of ketones is 1. The first kappa shape index (κ1) is 23.5. The number of methoxy groups -OCH3 is 1. The monoisotopic (exact) mass is 532 g/mol. The van der Waals surface area contributed by atoms with Crippen molar-refractivity contribution in [2.45, 2.75) is 25.5 Å². The maximum Gasteiger partial charge on any atom is 0.301 e. The van der Waals surface area contributed by atoms with Crippen molar-refractivity contribution in [3.63, 3.8) is 0 Å². The number of carbonyl (C=O) groups is 2. The summed E-state index contributed by atoms with van der Waals surface area (Å²) in [5.41, 5.74) is 2.68. The fraction of sp³-hybridized carbons (Fsp3) is 0.179. The molecule has 1 amide bonds. The van der Waals surface area contributed by atoms with Crippen LogP contribution in [0.25, 0.3) is 16.0 Å². The van der Waals surface area contributed by atoms with Crippen molar-refractivity contribution in [2.75, 3.05) is 12.0 Å². The molecule has 0 radical (unpaired) electrons. The quantitative estimate of drug-likeness (QED) is 0.200. The fourth-order valence-electron chi connectivity index (χ4n) is 4.84. The van der Waals surface area contributed by atoms with E-state index in [1.54, 1.807) is 55.6 Å². The van der Waals surface area contributed by atoms with Gasteiger partial charge >= 0.3 is 5.91 Å². The van der Waals surface area contributed by atoms with Crippen LogP contribution in [0.5, 0.6) is 11.5 Å². The molecule has 0 aliphatic carbocycles. The lowest BCUT2D eigenvalue weighted by Crippen LogP contribution is -2.29. The Balaban J connectivity index is 1.52. The van der Waals surface area contributed by atoms with Crippen LogP contribution in [0.4, 0.5) is 5.13 Å². The number of benzene rings is 3. The second-order valence-corrected chi connectivity index (χ2v) is 10.5. The Morgan fingerprint density at radius 2 is 1.92 bits per heavy atom. The number of aliphatic hydroxyl groups is 1. The number of anilines is 1. The number of Topliss-reactive ketones (excluding diaryl/α,β-unsaturated/α-hetero) is 1. The lowest BCUT2D eigenvalue weighted by Gasteiger charge is -2.23. The zero-order valence-corrected chi connectivity index (χ0v) is 21.5. The predicted molar refractivity (Wildman–Crippen MR) is 143 cm³/mol. The number of halogens is 1. The molecule has 3 aromatic carbocycles. The highest BCUT2D eigenvalue weighted by Crippen LogP contribution is 2.45. The number of hydrogen-bond donors (Lipinski definition) is 1. The first-order valence-corrected chi connectivity index (χ1v) is 12.8. The van der Waals surface area contributed by atoms with Crippen LogP contribution in [0.3, 0.4) is 0 Å². The van der Waals surface area contributed by atoms with Gasteiger partial charge < -0.3 is 14.6 Å². The molecule has 2 aliphatic heterocycles. The number of carbonyl (C=O) groups excluding carboxylic acids is 2. The van der Waals surface area contributed by atoms with Crippen LogP contribution in [0.15, 0.2) is 66.2 Å². The number of ether oxygens (including phenoxy) is 2. The lowest BCUT2D eigenvalue weighted by atomic mass is 9.94. The fourth-order valence-corrected chi connectivity index (χ4v) is 5.98. The minimum Gasteiger partial charge on any atom is -0.507 e. The second-order valence-electron chi connectivity index (χ2n) is 9.01. The topological polar surface area (TPSA) is 89.0 Å². The van der Waals surface area contributed by atoms with Crippen LogP contribution in [0.1, 0.15) is 29.7 Å². The van der Waals surface area contributed by atoms with Crippen LogP contribution in [0, 0.1) is 0 Å². The van der Waals surface area contributed by atoms with Crippen molar-refractivity contribution in [2.24, 2.45) is 0 Å². The normalized spacial score (nSPS) is 20.4. The van der Waals surface area contributed by atoms with E-state index in [2.05, 4.69) is 4.98 Å². The van der Waals surface area contributed by atoms with Crippen LogP contribution in [-0.2, 0) is 16.0 Å². The minimum absolute atomic E-state index is 0.00364. The Hall–Kier alpha value is -3.88. The molecule has 1 aromatic heterocycles. The van der Waals surface area contributed by atoms with Gasteiger partial charge in [0.25, 0.3) is 5.78 Å². The molecule has 0 saturated carbocycles. The summed E-state index contributed by atoms with van der Waals surface area (Å²) in [5, 5.41) is 12.3. The van der Waals surface area contributed by atoms with E-state index >= 15 is 0 Å². The van der Waals surface area contributed by atoms with Crippen molar-refractivity contribution < 1.29 is 24.2 Å². The number of fused-ring (bicyclic) bond motifs is 2. The number of aromatic nitrogens is 1. The summed E-state index contributed by atoms with van der Waals surface area (Å²) in [5.74, 6) is -0.367. The highest BCUT2D eigenvalue weighted by Gasteiger charge is 2.48. The molecule has 1 saturated heterocycles. The minimum atomic E-state index is -0.886. The molecule has 0 bridgehead atoms. The first-order valence-electron chi connectivity index (χ1n) is 11.6. The van der Waals surface area contributed by atoms with Gasteiger partial charge in [-0.2, -0.15) is 0 Å². The Labute approximate surface area is 221 Å². The molecular weight excluding hydrogens is 512 g/mol. The third-order valence-corrected chi connectivity index (χ3v) is 7.86. The molecule has 7 nitrogen and oxygen atoms in total. The van der Waals surface area contributed by atoms with E-state index in [0.717, 1.165) is 16.0 Å². The van der Waals surface area contributed by atoms with E-state index in [0.29, 0.717) is 39.0 Å². The number of aliphatic hydroxyl groups excluding tert-OH is 1. The SMILES string of the molecule is COc1ccc2nc(N3C(=O)C(=O)/C(=C(\O)c4ccc5c(c4)CC(C)O5)C3c3ccc(Cl)cc3)sc2c1. The number of thiazole rings is 1. The summed E-state index contributed by atoms with van der Waals surface area (Å²) < 4.78 is 11.9. The molecule has 2 atom stereocenters. The van der Waals surface area contributed by atoms with Gasteiger partial charge in [-0.3, -0.25) is 14.5 Å². The van der Waals surface area contributed by atoms with Gasteiger partial charge in [0.15, 0.2) is 5.13 Å². The maximum absolute atomic E-state index is 13.5. The van der Waals surface area contributed by atoms with Gasteiger partial charge in [0.1, 0.15) is 23.4 Å². The summed E-state index contributed by atoms with van der Waals surface area (Å²) in [7, 11) is 1.58. The summed E-state index contributed by atoms with van der Waals surface area (Å²) >= 11 is 7.40. The zero-order chi connectivity index (χ0) is 25.8. The maximum atomic E-state index is 13.5. The van der Waals surface area contributed by atoms with Crippen LogP contribution in [-0.4, -0.2) is 35.0 Å². The molecule has 1 N–H and O–H groups in total.